The maximum absolute atomic E-state index is 5.50. The molecule has 1 atom stereocenters. The molecule has 2 N–H and O–H groups in total. The molecule has 1 aliphatic heterocycles. The Labute approximate surface area is 191 Å². The zero-order valence-corrected chi connectivity index (χ0v) is 19.8. The molecule has 0 spiro atoms. The van der Waals surface area contributed by atoms with E-state index in [0.717, 1.165) is 50.0 Å². The Kier molecular flexibility index (Phi) is 9.37. The Morgan fingerprint density at radius 3 is 2.62 bits per heavy atom. The van der Waals surface area contributed by atoms with E-state index in [0.29, 0.717) is 6.04 Å². The van der Waals surface area contributed by atoms with Crippen molar-refractivity contribution in [1.29, 1.82) is 0 Å². The molecule has 2 aromatic rings. The smallest absolute Gasteiger partial charge is 0.191 e. The molecule has 0 radical (unpaired) electrons. The summed E-state index contributed by atoms with van der Waals surface area (Å²) < 4.78 is 5.50. The minimum absolute atomic E-state index is 0. The first-order chi connectivity index (χ1) is 13.7. The summed E-state index contributed by atoms with van der Waals surface area (Å²) in [6.07, 6.45) is 1.07. The third-order valence-corrected chi connectivity index (χ3v) is 5.12. The molecule has 1 fully saturated rings. The number of nitrogens with zero attached hydrogens (tertiary/aromatic N) is 3. The predicted octanol–water partition coefficient (Wildman–Crippen LogP) is 3.19. The van der Waals surface area contributed by atoms with Crippen molar-refractivity contribution in [2.75, 3.05) is 57.2 Å². The van der Waals surface area contributed by atoms with Crippen molar-refractivity contribution in [2.24, 2.45) is 4.99 Å². The maximum atomic E-state index is 5.50. The van der Waals surface area contributed by atoms with E-state index in [9.17, 15) is 0 Å². The van der Waals surface area contributed by atoms with Crippen molar-refractivity contribution in [3.05, 3.63) is 54.6 Å². The topological polar surface area (TPSA) is 52.1 Å². The Balaban J connectivity index is 0.00000300. The molecule has 0 aliphatic carbocycles. The lowest BCUT2D eigenvalue weighted by Crippen LogP contribution is -2.46. The quantitative estimate of drug-likeness (QED) is 0.341. The summed E-state index contributed by atoms with van der Waals surface area (Å²) in [6, 6.07) is 19.0. The molecule has 0 amide bonds. The summed E-state index contributed by atoms with van der Waals surface area (Å²) in [4.78, 5) is 8.99. The molecule has 0 saturated carbocycles. The standard InChI is InChI=1S/C22H31N5O.HI/c1-23-22(24-14-16-26(2)19-9-5-4-6-10-19)25-18-13-15-27(17-18)20-11-7-8-12-21(20)28-3;/h4-12,18H,13-17H2,1-3H3,(H2,23,24,25);1H. The highest BCUT2D eigenvalue weighted by molar-refractivity contribution is 14.0. The minimum Gasteiger partial charge on any atom is -0.495 e. The highest BCUT2D eigenvalue weighted by Crippen LogP contribution is 2.30. The molecule has 3 rings (SSSR count). The van der Waals surface area contributed by atoms with Crippen molar-refractivity contribution < 1.29 is 4.74 Å². The van der Waals surface area contributed by atoms with E-state index in [1.165, 1.54) is 5.69 Å². The van der Waals surface area contributed by atoms with Crippen molar-refractivity contribution in [3.8, 4) is 5.75 Å². The monoisotopic (exact) mass is 509 g/mol. The predicted molar refractivity (Wildman–Crippen MR) is 133 cm³/mol. The van der Waals surface area contributed by atoms with Crippen LogP contribution in [0.4, 0.5) is 11.4 Å². The van der Waals surface area contributed by atoms with Gasteiger partial charge in [-0.3, -0.25) is 4.99 Å². The number of para-hydroxylation sites is 3. The zero-order valence-electron chi connectivity index (χ0n) is 17.5. The van der Waals surface area contributed by atoms with E-state index in [1.54, 1.807) is 7.11 Å². The summed E-state index contributed by atoms with van der Waals surface area (Å²) in [6.45, 7) is 3.67. The van der Waals surface area contributed by atoms with Crippen molar-refractivity contribution in [3.63, 3.8) is 0 Å². The SMILES string of the molecule is CN=C(NCCN(C)c1ccccc1)NC1CCN(c2ccccc2OC)C1.I. The van der Waals surface area contributed by atoms with E-state index < -0.39 is 0 Å². The number of benzene rings is 2. The van der Waals surface area contributed by atoms with E-state index in [1.807, 2.05) is 25.2 Å². The summed E-state index contributed by atoms with van der Waals surface area (Å²) >= 11 is 0. The Morgan fingerprint density at radius 2 is 1.90 bits per heavy atom. The largest absolute Gasteiger partial charge is 0.495 e. The molecule has 29 heavy (non-hydrogen) atoms. The Morgan fingerprint density at radius 1 is 1.17 bits per heavy atom. The number of rotatable bonds is 7. The van der Waals surface area contributed by atoms with Crippen molar-refractivity contribution in [2.45, 2.75) is 12.5 Å². The van der Waals surface area contributed by atoms with Crippen LogP contribution in [0.1, 0.15) is 6.42 Å². The van der Waals surface area contributed by atoms with Gasteiger partial charge in [0, 0.05) is 52.0 Å². The average Bonchev–Trinajstić information content (AvgIpc) is 3.21. The van der Waals surface area contributed by atoms with Crippen LogP contribution in [0.3, 0.4) is 0 Å². The number of aliphatic imine (C=N–C) groups is 1. The summed E-state index contributed by atoms with van der Waals surface area (Å²) in [7, 11) is 5.65. The lowest BCUT2D eigenvalue weighted by molar-refractivity contribution is 0.415. The number of hydrogen-bond acceptors (Lipinski definition) is 4. The van der Waals surface area contributed by atoms with Crippen LogP contribution in [0.2, 0.25) is 0 Å². The average molecular weight is 509 g/mol. The minimum atomic E-state index is 0. The second-order valence-corrected chi connectivity index (χ2v) is 7.00. The fraction of sp³-hybridized carbons (Fsp3) is 0.409. The van der Waals surface area contributed by atoms with Crippen LogP contribution in [0.25, 0.3) is 0 Å². The van der Waals surface area contributed by atoms with Gasteiger partial charge in [0.2, 0.25) is 0 Å². The summed E-state index contributed by atoms with van der Waals surface area (Å²) in [5.41, 5.74) is 2.37. The third kappa shape index (κ3) is 6.42. The molecule has 1 heterocycles. The molecule has 2 aromatic carbocycles. The van der Waals surface area contributed by atoms with Gasteiger partial charge in [0.1, 0.15) is 5.75 Å². The van der Waals surface area contributed by atoms with Gasteiger partial charge in [-0.2, -0.15) is 0 Å². The van der Waals surface area contributed by atoms with E-state index >= 15 is 0 Å². The van der Waals surface area contributed by atoms with Gasteiger partial charge in [-0.15, -0.1) is 24.0 Å². The highest BCUT2D eigenvalue weighted by Gasteiger charge is 2.25. The number of likely N-dealkylation sites (N-methyl/N-ethyl adjacent to an activating group) is 1. The van der Waals surface area contributed by atoms with Crippen LogP contribution in [0, 0.1) is 0 Å². The van der Waals surface area contributed by atoms with E-state index in [-0.39, 0.29) is 24.0 Å². The molecule has 1 aliphatic rings. The lowest BCUT2D eigenvalue weighted by Gasteiger charge is -2.23. The van der Waals surface area contributed by atoms with Crippen LogP contribution in [0.15, 0.2) is 59.6 Å². The van der Waals surface area contributed by atoms with Crippen LogP contribution < -0.4 is 25.2 Å². The highest BCUT2D eigenvalue weighted by atomic mass is 127. The van der Waals surface area contributed by atoms with Crippen LogP contribution in [0.5, 0.6) is 5.75 Å². The molecule has 158 valence electrons. The first-order valence-electron chi connectivity index (χ1n) is 9.82. The molecular formula is C22H32IN5O. The summed E-state index contributed by atoms with van der Waals surface area (Å²) in [5.74, 6) is 1.78. The number of halogens is 1. The number of hydrogen-bond donors (Lipinski definition) is 2. The molecule has 0 bridgehead atoms. The van der Waals surface area contributed by atoms with Gasteiger partial charge in [0.15, 0.2) is 5.96 Å². The second kappa shape index (κ2) is 11.7. The number of ether oxygens (including phenoxy) is 1. The van der Waals surface area contributed by atoms with Crippen LogP contribution in [-0.4, -0.2) is 59.4 Å². The molecule has 6 nitrogen and oxygen atoms in total. The van der Waals surface area contributed by atoms with Crippen LogP contribution >= 0.6 is 24.0 Å². The van der Waals surface area contributed by atoms with Gasteiger partial charge >= 0.3 is 0 Å². The third-order valence-electron chi connectivity index (χ3n) is 5.12. The molecule has 0 aromatic heterocycles. The van der Waals surface area contributed by atoms with Gasteiger partial charge in [0.25, 0.3) is 0 Å². The first-order valence-corrected chi connectivity index (χ1v) is 9.82. The van der Waals surface area contributed by atoms with E-state index in [4.69, 9.17) is 4.74 Å². The second-order valence-electron chi connectivity index (χ2n) is 7.00. The first kappa shape index (κ1) is 23.1. The van der Waals surface area contributed by atoms with Gasteiger partial charge in [-0.05, 0) is 30.7 Å². The van der Waals surface area contributed by atoms with Gasteiger partial charge in [0.05, 0.1) is 12.8 Å². The fourth-order valence-electron chi connectivity index (χ4n) is 3.53. The molecule has 1 unspecified atom stereocenters. The van der Waals surface area contributed by atoms with Crippen molar-refractivity contribution >= 4 is 41.3 Å². The number of nitrogens with one attached hydrogen (secondary N) is 2. The normalized spacial score (nSPS) is 16.2. The van der Waals surface area contributed by atoms with Gasteiger partial charge < -0.3 is 25.2 Å². The summed E-state index contributed by atoms with van der Waals surface area (Å²) in [5, 5.41) is 6.98. The molecular weight excluding hydrogens is 477 g/mol. The zero-order chi connectivity index (χ0) is 19.8. The van der Waals surface area contributed by atoms with Crippen LogP contribution in [-0.2, 0) is 0 Å². The molecule has 1 saturated heterocycles. The lowest BCUT2D eigenvalue weighted by atomic mass is 10.2. The molecule has 7 heteroatoms. The van der Waals surface area contributed by atoms with E-state index in [2.05, 4.69) is 68.9 Å². The van der Waals surface area contributed by atoms with Crippen molar-refractivity contribution in [1.82, 2.24) is 10.6 Å². The maximum Gasteiger partial charge on any atom is 0.191 e. The fourth-order valence-corrected chi connectivity index (χ4v) is 3.53. The number of anilines is 2. The number of methoxy groups -OCH3 is 1. The van der Waals surface area contributed by atoms with Gasteiger partial charge in [-0.25, -0.2) is 0 Å². The Bertz CT molecular complexity index is 771. The van der Waals surface area contributed by atoms with Gasteiger partial charge in [-0.1, -0.05) is 30.3 Å². The Hall–Kier alpha value is -2.16. The number of guanidine groups is 1.